The second-order valence-corrected chi connectivity index (χ2v) is 13.7. The highest BCUT2D eigenvalue weighted by Crippen LogP contribution is 2.37. The van der Waals surface area contributed by atoms with E-state index < -0.39 is 29.5 Å². The minimum absolute atomic E-state index is 0.113. The van der Waals surface area contributed by atoms with Crippen LogP contribution in [0.25, 0.3) is 11.1 Å². The van der Waals surface area contributed by atoms with Gasteiger partial charge in [-0.2, -0.15) is 0 Å². The van der Waals surface area contributed by atoms with E-state index in [2.05, 4.69) is 15.3 Å². The summed E-state index contributed by atoms with van der Waals surface area (Å²) in [5.41, 5.74) is 12.8. The summed E-state index contributed by atoms with van der Waals surface area (Å²) in [6.07, 6.45) is 3.18. The summed E-state index contributed by atoms with van der Waals surface area (Å²) >= 11 is 0. The van der Waals surface area contributed by atoms with E-state index in [0.29, 0.717) is 28.4 Å². The normalized spacial score (nSPS) is 13.3. The molecule has 4 aromatic carbocycles. The zero-order valence-electron chi connectivity index (χ0n) is 30.4. The van der Waals surface area contributed by atoms with E-state index in [4.69, 9.17) is 5.73 Å². The number of rotatable bonds is 8. The van der Waals surface area contributed by atoms with E-state index in [9.17, 15) is 28.8 Å². The van der Waals surface area contributed by atoms with Crippen molar-refractivity contribution in [2.24, 2.45) is 0 Å². The van der Waals surface area contributed by atoms with Gasteiger partial charge in [-0.05, 0) is 121 Å². The molecule has 56 heavy (non-hydrogen) atoms. The molecule has 0 aliphatic carbocycles. The first kappa shape index (κ1) is 35.4. The average Bonchev–Trinajstić information content (AvgIpc) is 3.59. The number of hydrogen-bond donors (Lipinski definition) is 2. The first-order valence-corrected chi connectivity index (χ1v) is 17.6. The van der Waals surface area contributed by atoms with Crippen LogP contribution in [0.1, 0.15) is 84.5 Å². The highest BCUT2D eigenvalue weighted by Gasteiger charge is 2.39. The molecule has 274 valence electrons. The fourth-order valence-electron chi connectivity index (χ4n) is 7.02. The van der Waals surface area contributed by atoms with E-state index in [0.717, 1.165) is 43.3 Å². The second kappa shape index (κ2) is 13.7. The van der Waals surface area contributed by atoms with E-state index in [1.165, 1.54) is 36.5 Å². The molecule has 0 atom stereocenters. The van der Waals surface area contributed by atoms with Crippen molar-refractivity contribution in [1.82, 2.24) is 9.97 Å². The monoisotopic (exact) mass is 740 g/mol. The molecule has 0 bridgehead atoms. The maximum absolute atomic E-state index is 13.6. The van der Waals surface area contributed by atoms with Crippen molar-refractivity contribution < 1.29 is 28.8 Å². The van der Waals surface area contributed by atoms with Crippen molar-refractivity contribution in [2.45, 2.75) is 27.2 Å². The lowest BCUT2D eigenvalue weighted by Gasteiger charge is -2.19. The van der Waals surface area contributed by atoms with Crippen LogP contribution in [0, 0.1) is 20.8 Å². The Bertz CT molecular complexity index is 2520. The smallest absolute Gasteiger partial charge is 0.266 e. The number of aryl methyl sites for hydroxylation is 3. The lowest BCUT2D eigenvalue weighted by atomic mass is 9.95. The van der Waals surface area contributed by atoms with Crippen LogP contribution in [-0.4, -0.2) is 45.3 Å². The number of ketones is 1. The Morgan fingerprint density at radius 2 is 1.11 bits per heavy atom. The number of aromatic nitrogens is 2. The molecule has 6 aromatic rings. The van der Waals surface area contributed by atoms with E-state index in [1.54, 1.807) is 48.7 Å². The number of anilines is 4. The molecule has 2 aliphatic heterocycles. The van der Waals surface area contributed by atoms with Gasteiger partial charge in [0.2, 0.25) is 0 Å². The van der Waals surface area contributed by atoms with Gasteiger partial charge < -0.3 is 11.1 Å². The van der Waals surface area contributed by atoms with Crippen LogP contribution in [0.3, 0.4) is 0 Å². The summed E-state index contributed by atoms with van der Waals surface area (Å²) < 4.78 is 0. The van der Waals surface area contributed by atoms with Crippen molar-refractivity contribution in [1.29, 1.82) is 0 Å². The molecule has 3 N–H and O–H groups in total. The molecular formula is C44H32N6O6. The average molecular weight is 741 g/mol. The molecule has 0 spiro atoms. The van der Waals surface area contributed by atoms with Gasteiger partial charge in [-0.15, -0.1) is 0 Å². The largest absolute Gasteiger partial charge is 0.384 e. The number of nitrogen functional groups attached to an aromatic ring is 1. The van der Waals surface area contributed by atoms with Crippen LogP contribution < -0.4 is 20.9 Å². The number of pyridine rings is 2. The van der Waals surface area contributed by atoms with Crippen LogP contribution in [0.15, 0.2) is 109 Å². The zero-order valence-corrected chi connectivity index (χ0v) is 30.4. The lowest BCUT2D eigenvalue weighted by Crippen LogP contribution is -2.29. The molecule has 4 heterocycles. The van der Waals surface area contributed by atoms with Crippen molar-refractivity contribution in [3.63, 3.8) is 0 Å². The van der Waals surface area contributed by atoms with Crippen molar-refractivity contribution in [3.05, 3.63) is 165 Å². The molecular weight excluding hydrogens is 709 g/mol. The number of carbonyl (C=O) groups is 6. The maximum Gasteiger partial charge on any atom is 0.266 e. The van der Waals surface area contributed by atoms with Crippen LogP contribution in [0.5, 0.6) is 0 Å². The molecule has 0 radical (unpaired) electrons. The molecule has 2 aromatic heterocycles. The third-order valence-corrected chi connectivity index (χ3v) is 9.97. The summed E-state index contributed by atoms with van der Waals surface area (Å²) in [7, 11) is 0. The number of fused-ring (bicyclic) bond motifs is 2. The van der Waals surface area contributed by atoms with E-state index in [1.807, 2.05) is 45.0 Å². The summed E-state index contributed by atoms with van der Waals surface area (Å²) in [6.45, 7) is 5.59. The van der Waals surface area contributed by atoms with Crippen molar-refractivity contribution in [2.75, 3.05) is 20.9 Å². The number of imide groups is 2. The van der Waals surface area contributed by atoms with Crippen LogP contribution >= 0.6 is 0 Å². The summed E-state index contributed by atoms with van der Waals surface area (Å²) in [5, 5.41) is 2.71. The molecule has 0 fully saturated rings. The number of nitrogens with two attached hydrogens (primary N) is 1. The number of nitrogens with one attached hydrogen (secondary N) is 1. The fraction of sp³-hybridized carbons (Fsp3) is 0.0909. The molecule has 0 unspecified atom stereocenters. The Kier molecular flexibility index (Phi) is 8.65. The Morgan fingerprint density at radius 1 is 0.571 bits per heavy atom. The molecule has 0 saturated heterocycles. The van der Waals surface area contributed by atoms with Gasteiger partial charge in [0.15, 0.2) is 5.78 Å². The van der Waals surface area contributed by atoms with Crippen LogP contribution in [-0.2, 0) is 6.42 Å². The van der Waals surface area contributed by atoms with E-state index in [-0.39, 0.29) is 40.0 Å². The maximum atomic E-state index is 13.6. The Labute approximate surface area is 320 Å². The predicted molar refractivity (Wildman–Crippen MR) is 210 cm³/mol. The summed E-state index contributed by atoms with van der Waals surface area (Å²) in [6, 6.07) is 26.2. The van der Waals surface area contributed by atoms with Crippen molar-refractivity contribution >= 4 is 58.2 Å². The van der Waals surface area contributed by atoms with E-state index >= 15 is 0 Å². The van der Waals surface area contributed by atoms with Gasteiger partial charge >= 0.3 is 0 Å². The zero-order chi connectivity index (χ0) is 39.4. The predicted octanol–water partition coefficient (Wildman–Crippen LogP) is 6.93. The molecule has 2 aliphatic rings. The molecule has 5 amide bonds. The number of benzene rings is 4. The Balaban J connectivity index is 0.994. The highest BCUT2D eigenvalue weighted by atomic mass is 16.2. The second-order valence-electron chi connectivity index (χ2n) is 13.7. The first-order valence-electron chi connectivity index (χ1n) is 17.6. The SMILES string of the molecule is Cc1ccc(CC(=O)c2ccc3c(c2)C(=O)N(c2ccc(-c4ccc(N5C(=O)c6ccc(C(=O)Nc7ccc(N)nc7)cc6C5=O)cc4C)c(C)c2)C3=O)cn1. The Morgan fingerprint density at radius 3 is 1.62 bits per heavy atom. The third kappa shape index (κ3) is 6.18. The van der Waals surface area contributed by atoms with Gasteiger partial charge in [-0.1, -0.05) is 24.3 Å². The van der Waals surface area contributed by atoms with Gasteiger partial charge in [-0.3, -0.25) is 33.8 Å². The number of Topliss-reactive ketones (excluding diaryl/α,β-unsaturated/α-hetero) is 1. The first-order chi connectivity index (χ1) is 26.9. The number of nitrogens with zero attached hydrogens (tertiary/aromatic N) is 4. The van der Waals surface area contributed by atoms with Gasteiger partial charge in [0, 0.05) is 29.4 Å². The number of hydrogen-bond acceptors (Lipinski definition) is 9. The lowest BCUT2D eigenvalue weighted by molar-refractivity contribution is 0.0910. The van der Waals surface area contributed by atoms with Gasteiger partial charge in [0.1, 0.15) is 5.82 Å². The molecule has 12 heteroatoms. The molecule has 8 rings (SSSR count). The third-order valence-electron chi connectivity index (χ3n) is 9.97. The number of carbonyl (C=O) groups excluding carboxylic acids is 6. The minimum atomic E-state index is -0.553. The van der Waals surface area contributed by atoms with Gasteiger partial charge in [-0.25, -0.2) is 14.8 Å². The molecule has 12 nitrogen and oxygen atoms in total. The Hall–Kier alpha value is -7.60. The van der Waals surface area contributed by atoms with Crippen molar-refractivity contribution in [3.8, 4) is 11.1 Å². The van der Waals surface area contributed by atoms with Gasteiger partial charge in [0.05, 0.1) is 45.5 Å². The quantitative estimate of drug-likeness (QED) is 0.124. The topological polar surface area (TPSA) is 173 Å². The van der Waals surface area contributed by atoms with Crippen LogP contribution in [0.4, 0.5) is 22.9 Å². The summed E-state index contributed by atoms with van der Waals surface area (Å²) in [5.74, 6) is -2.42. The minimum Gasteiger partial charge on any atom is -0.384 e. The van der Waals surface area contributed by atoms with Gasteiger partial charge in [0.25, 0.3) is 29.5 Å². The van der Waals surface area contributed by atoms with Crippen LogP contribution in [0.2, 0.25) is 0 Å². The standard InChI is InChI=1S/C44H32N6O6/c1-23-16-30(49-41(53)34-11-6-27(19-36(34)43(49)55)38(51)18-26-5-4-25(3)46-21-26)9-13-32(23)33-14-10-31(17-24(33)2)50-42(54)35-12-7-28(20-37(35)44(50)56)40(52)48-29-8-15-39(45)47-22-29/h4-17,19-22H,18H2,1-3H3,(H2,45,47)(H,48,52). The number of amides is 5. The highest BCUT2D eigenvalue weighted by molar-refractivity contribution is 6.35. The fourth-order valence-corrected chi connectivity index (χ4v) is 7.02. The molecule has 0 saturated carbocycles. The summed E-state index contributed by atoms with van der Waals surface area (Å²) in [4.78, 5) is 90.6.